The monoisotopic (exact) mass is 438 g/mol. The molecule has 0 aliphatic carbocycles. The highest BCUT2D eigenvalue weighted by Gasteiger charge is 2.41. The van der Waals surface area contributed by atoms with Crippen molar-refractivity contribution in [1.29, 1.82) is 0 Å². The van der Waals surface area contributed by atoms with Crippen molar-refractivity contribution >= 4 is 40.7 Å². The number of benzene rings is 1. The van der Waals surface area contributed by atoms with E-state index in [1.54, 1.807) is 6.07 Å². The number of pyridine rings is 1. The van der Waals surface area contributed by atoms with Gasteiger partial charge in [-0.05, 0) is 50.5 Å². The lowest BCUT2D eigenvalue weighted by atomic mass is 9.95. The van der Waals surface area contributed by atoms with Crippen LogP contribution in [0, 0.1) is 5.82 Å². The average Bonchev–Trinajstić information content (AvgIpc) is 3.04. The molecule has 1 aromatic carbocycles. The first-order chi connectivity index (χ1) is 13.6. The first-order valence-electron chi connectivity index (χ1n) is 8.73. The van der Waals surface area contributed by atoms with Gasteiger partial charge in [0.2, 0.25) is 5.60 Å². The minimum Gasteiger partial charge on any atom is -0.478 e. The number of hydrogen-bond acceptors (Lipinski definition) is 5. The maximum absolute atomic E-state index is 14.5. The Hall–Kier alpha value is -2.51. The molecule has 152 valence electrons. The fourth-order valence-electron chi connectivity index (χ4n) is 2.94. The fraction of sp³-hybridized carbons (Fsp3) is 0.300. The van der Waals surface area contributed by atoms with E-state index in [1.807, 2.05) is 0 Å². The number of aliphatic carboxylic acids is 1. The average molecular weight is 439 g/mol. The number of oxime groups is 1. The van der Waals surface area contributed by atoms with Crippen LogP contribution in [-0.2, 0) is 16.1 Å². The molecule has 0 saturated carbocycles. The molecule has 1 N–H and O–H groups in total. The van der Waals surface area contributed by atoms with Crippen molar-refractivity contribution in [3.63, 3.8) is 0 Å². The van der Waals surface area contributed by atoms with Gasteiger partial charge in [0.05, 0.1) is 16.4 Å². The molecular weight excluding hydrogens is 422 g/mol. The van der Waals surface area contributed by atoms with Gasteiger partial charge >= 0.3 is 5.97 Å². The topological polar surface area (TPSA) is 88.9 Å². The highest BCUT2D eigenvalue weighted by molar-refractivity contribution is 6.33. The van der Waals surface area contributed by atoms with Crippen LogP contribution in [0.5, 0.6) is 0 Å². The summed E-state index contributed by atoms with van der Waals surface area (Å²) in [6, 6.07) is 4.17. The van der Waals surface area contributed by atoms with Crippen LogP contribution in [-0.4, -0.2) is 33.2 Å². The summed E-state index contributed by atoms with van der Waals surface area (Å²) < 4.78 is 14.5. The number of halogens is 3. The fourth-order valence-corrected chi connectivity index (χ4v) is 3.46. The zero-order valence-corrected chi connectivity index (χ0v) is 17.1. The Morgan fingerprint density at radius 1 is 1.24 bits per heavy atom. The minimum absolute atomic E-state index is 0.149. The van der Waals surface area contributed by atoms with E-state index >= 15 is 0 Å². The Kier molecular flexibility index (Phi) is 5.91. The molecule has 0 saturated heterocycles. The van der Waals surface area contributed by atoms with Crippen LogP contribution in [0.2, 0.25) is 10.0 Å². The van der Waals surface area contributed by atoms with Gasteiger partial charge < -0.3 is 9.94 Å². The van der Waals surface area contributed by atoms with Crippen LogP contribution >= 0.6 is 23.2 Å². The Bertz CT molecular complexity index is 1040. The maximum Gasteiger partial charge on any atom is 0.351 e. The van der Waals surface area contributed by atoms with Gasteiger partial charge in [0, 0.05) is 28.8 Å². The molecule has 9 heteroatoms. The Morgan fingerprint density at radius 2 is 1.97 bits per heavy atom. The van der Waals surface area contributed by atoms with Crippen LogP contribution in [0.3, 0.4) is 0 Å². The lowest BCUT2D eigenvalue weighted by molar-refractivity contribution is -0.160. The number of carboxylic acid groups (broad SMARTS) is 1. The van der Waals surface area contributed by atoms with Gasteiger partial charge in [-0.15, -0.1) is 0 Å². The summed E-state index contributed by atoms with van der Waals surface area (Å²) in [5.74, 6) is -1.88. The molecule has 6 nitrogen and oxygen atoms in total. The van der Waals surface area contributed by atoms with Crippen molar-refractivity contribution in [2.75, 3.05) is 0 Å². The highest BCUT2D eigenvalue weighted by atomic mass is 35.5. The summed E-state index contributed by atoms with van der Waals surface area (Å²) in [7, 11) is 0. The van der Waals surface area contributed by atoms with Crippen LogP contribution in [0.15, 0.2) is 29.6 Å². The van der Waals surface area contributed by atoms with Crippen molar-refractivity contribution in [2.24, 2.45) is 5.16 Å². The third-order valence-electron chi connectivity index (χ3n) is 4.69. The van der Waals surface area contributed by atoms with Gasteiger partial charge in [-0.25, -0.2) is 9.18 Å². The summed E-state index contributed by atoms with van der Waals surface area (Å²) in [6.07, 6.45) is 2.30. The zero-order valence-electron chi connectivity index (χ0n) is 15.6. The lowest BCUT2D eigenvalue weighted by Crippen LogP contribution is -2.35. The summed E-state index contributed by atoms with van der Waals surface area (Å²) in [5.41, 5.74) is 0.524. The number of aryl methyl sites for hydroxylation is 1. The van der Waals surface area contributed by atoms with Gasteiger partial charge in [0.25, 0.3) is 0 Å². The molecule has 2 aromatic rings. The summed E-state index contributed by atoms with van der Waals surface area (Å²) in [4.78, 5) is 31.9. The van der Waals surface area contributed by atoms with Crippen LogP contribution in [0.25, 0.3) is 11.3 Å². The van der Waals surface area contributed by atoms with E-state index < -0.39 is 17.4 Å². The number of carbonyl (C=O) groups is 2. The minimum atomic E-state index is -1.37. The molecule has 0 spiro atoms. The van der Waals surface area contributed by atoms with Gasteiger partial charge in [0.1, 0.15) is 5.82 Å². The smallest absolute Gasteiger partial charge is 0.351 e. The summed E-state index contributed by atoms with van der Waals surface area (Å²) >= 11 is 12.4. The van der Waals surface area contributed by atoms with Gasteiger partial charge in [-0.1, -0.05) is 28.4 Å². The molecule has 0 radical (unpaired) electrons. The second kappa shape index (κ2) is 8.08. The van der Waals surface area contributed by atoms with Crippen molar-refractivity contribution in [3.8, 4) is 11.3 Å². The van der Waals surface area contributed by atoms with E-state index in [-0.39, 0.29) is 33.5 Å². The molecule has 0 amide bonds. The third kappa shape index (κ3) is 4.41. The Morgan fingerprint density at radius 3 is 2.55 bits per heavy atom. The molecule has 1 aromatic heterocycles. The molecule has 1 aliphatic heterocycles. The lowest BCUT2D eigenvalue weighted by Gasteiger charge is -2.14. The van der Waals surface area contributed by atoms with Crippen molar-refractivity contribution in [1.82, 2.24) is 4.98 Å². The standard InChI is InChI=1S/C20H17Cl2FN2O4/c1-10(26)12-6-16(22)18(24-9-12)14-5-11(15(21)7-17(14)23)3-4-13-8-20(2,19(27)28)29-25-13/h5-7,9H,3-4,8H2,1-2H3,(H,27,28). The van der Waals surface area contributed by atoms with E-state index in [9.17, 15) is 19.1 Å². The van der Waals surface area contributed by atoms with Gasteiger partial charge in [-0.2, -0.15) is 0 Å². The second-order valence-corrected chi connectivity index (χ2v) is 7.81. The predicted octanol–water partition coefficient (Wildman–Crippen LogP) is 4.95. The summed E-state index contributed by atoms with van der Waals surface area (Å²) in [6.45, 7) is 2.84. The first kappa shape index (κ1) is 21.2. The number of hydrogen-bond donors (Lipinski definition) is 1. The quantitative estimate of drug-likeness (QED) is 0.644. The second-order valence-electron chi connectivity index (χ2n) is 7.00. The highest BCUT2D eigenvalue weighted by Crippen LogP contribution is 2.33. The number of ketones is 1. The third-order valence-corrected chi connectivity index (χ3v) is 5.33. The Balaban J connectivity index is 1.84. The number of nitrogens with zero attached hydrogens (tertiary/aromatic N) is 2. The molecular formula is C20H17Cl2FN2O4. The van der Waals surface area contributed by atoms with E-state index in [0.29, 0.717) is 29.7 Å². The summed E-state index contributed by atoms with van der Waals surface area (Å²) in [5, 5.41) is 13.4. The first-order valence-corrected chi connectivity index (χ1v) is 9.48. The molecule has 1 unspecified atom stereocenters. The number of carbonyl (C=O) groups excluding carboxylic acids is 1. The Labute approximate surface area is 176 Å². The van der Waals surface area contributed by atoms with Crippen molar-refractivity contribution < 1.29 is 23.9 Å². The van der Waals surface area contributed by atoms with Crippen LogP contribution in [0.4, 0.5) is 4.39 Å². The normalized spacial score (nSPS) is 18.3. The van der Waals surface area contributed by atoms with E-state index in [4.69, 9.17) is 28.0 Å². The number of Topliss-reactive ketones (excluding diaryl/α,β-unsaturated/α-hetero) is 1. The molecule has 3 rings (SSSR count). The number of carboxylic acids is 1. The largest absolute Gasteiger partial charge is 0.478 e. The molecule has 1 aliphatic rings. The molecule has 29 heavy (non-hydrogen) atoms. The van der Waals surface area contributed by atoms with Gasteiger partial charge in [0.15, 0.2) is 5.78 Å². The number of aromatic nitrogens is 1. The number of rotatable bonds is 6. The molecule has 0 bridgehead atoms. The van der Waals surface area contributed by atoms with Crippen molar-refractivity contribution in [2.45, 2.75) is 38.7 Å². The van der Waals surface area contributed by atoms with E-state index in [0.717, 1.165) is 0 Å². The predicted molar refractivity (Wildman–Crippen MR) is 107 cm³/mol. The maximum atomic E-state index is 14.5. The molecule has 1 atom stereocenters. The van der Waals surface area contributed by atoms with Crippen molar-refractivity contribution in [3.05, 3.63) is 51.4 Å². The van der Waals surface area contributed by atoms with E-state index in [1.165, 1.54) is 32.2 Å². The van der Waals surface area contributed by atoms with Gasteiger partial charge in [-0.3, -0.25) is 9.78 Å². The molecule has 0 fully saturated rings. The van der Waals surface area contributed by atoms with Crippen LogP contribution < -0.4 is 0 Å². The molecule has 2 heterocycles. The van der Waals surface area contributed by atoms with E-state index in [2.05, 4.69) is 10.1 Å². The zero-order chi connectivity index (χ0) is 21.3. The SMILES string of the molecule is CC(=O)c1cnc(-c2cc(CCC3=NOC(C)(C(=O)O)C3)c(Cl)cc2F)c(Cl)c1. The van der Waals surface area contributed by atoms with Crippen LogP contribution in [0.1, 0.15) is 42.6 Å².